The van der Waals surface area contributed by atoms with E-state index in [1.165, 1.54) is 0 Å². The summed E-state index contributed by atoms with van der Waals surface area (Å²) in [5, 5.41) is 0. The molecule has 6 heteroatoms. The summed E-state index contributed by atoms with van der Waals surface area (Å²) in [7, 11) is 0. The second-order valence-corrected chi connectivity index (χ2v) is 7.15. The summed E-state index contributed by atoms with van der Waals surface area (Å²) in [4.78, 5) is 27.9. The van der Waals surface area contributed by atoms with Gasteiger partial charge in [0.05, 0.1) is 13.2 Å². The van der Waals surface area contributed by atoms with Crippen molar-refractivity contribution >= 4 is 12.2 Å². The van der Waals surface area contributed by atoms with E-state index in [1.807, 2.05) is 23.6 Å². The van der Waals surface area contributed by atoms with E-state index in [0.29, 0.717) is 36.9 Å². The van der Waals surface area contributed by atoms with Gasteiger partial charge in [0.1, 0.15) is 0 Å². The molecule has 2 aliphatic rings. The van der Waals surface area contributed by atoms with Gasteiger partial charge in [-0.3, -0.25) is 0 Å². The molecule has 4 atom stereocenters. The average molecular weight is 340 g/mol. The zero-order valence-electron chi connectivity index (χ0n) is 15.5. The molecule has 0 aliphatic carbocycles. The topological polar surface area (TPSA) is 59.1 Å². The van der Waals surface area contributed by atoms with E-state index in [2.05, 4.69) is 13.8 Å². The molecule has 0 saturated carbocycles. The maximum absolute atomic E-state index is 12.1. The number of piperidine rings is 2. The lowest BCUT2D eigenvalue weighted by Crippen LogP contribution is -2.52. The van der Waals surface area contributed by atoms with Crippen LogP contribution in [-0.4, -0.2) is 61.4 Å². The first-order valence-corrected chi connectivity index (χ1v) is 9.31. The lowest BCUT2D eigenvalue weighted by molar-refractivity contribution is 0.0120. The molecule has 2 aliphatic heterocycles. The number of carbonyl (C=O) groups is 2. The van der Waals surface area contributed by atoms with Crippen LogP contribution in [0.3, 0.4) is 0 Å². The van der Waals surface area contributed by atoms with Crippen LogP contribution in [0.25, 0.3) is 0 Å². The molecule has 0 N–H and O–H groups in total. The molecule has 2 rings (SSSR count). The normalized spacial score (nSPS) is 30.8. The summed E-state index contributed by atoms with van der Waals surface area (Å²) in [6.07, 6.45) is 1.57. The van der Waals surface area contributed by atoms with Crippen molar-refractivity contribution in [3.8, 4) is 0 Å². The predicted octanol–water partition coefficient (Wildman–Crippen LogP) is 3.22. The van der Waals surface area contributed by atoms with Crippen molar-refractivity contribution < 1.29 is 19.1 Å². The number of nitrogens with zero attached hydrogens (tertiary/aromatic N) is 2. The molecule has 0 aromatic carbocycles. The number of amides is 2. The zero-order chi connectivity index (χ0) is 17.7. The molecule has 2 fully saturated rings. The highest BCUT2D eigenvalue weighted by molar-refractivity contribution is 5.68. The molecule has 6 nitrogen and oxygen atoms in total. The molecule has 0 radical (unpaired) electrons. The fraction of sp³-hybridized carbons (Fsp3) is 0.889. The van der Waals surface area contributed by atoms with E-state index in [4.69, 9.17) is 9.47 Å². The van der Waals surface area contributed by atoms with Crippen LogP contribution in [0.15, 0.2) is 0 Å². The molecule has 24 heavy (non-hydrogen) atoms. The first kappa shape index (κ1) is 18.9. The van der Waals surface area contributed by atoms with Crippen LogP contribution in [0.4, 0.5) is 9.59 Å². The highest BCUT2D eigenvalue weighted by atomic mass is 16.6. The van der Waals surface area contributed by atoms with Crippen LogP contribution in [0.1, 0.15) is 40.5 Å². The van der Waals surface area contributed by atoms with E-state index in [-0.39, 0.29) is 12.2 Å². The maximum atomic E-state index is 12.1. The smallest absolute Gasteiger partial charge is 0.409 e. The molecular formula is C18H32N2O4. The minimum atomic E-state index is -0.208. The minimum Gasteiger partial charge on any atom is -0.450 e. The van der Waals surface area contributed by atoms with E-state index in [0.717, 1.165) is 39.0 Å². The number of rotatable bonds is 3. The maximum Gasteiger partial charge on any atom is 0.409 e. The largest absolute Gasteiger partial charge is 0.450 e. The summed E-state index contributed by atoms with van der Waals surface area (Å²) in [5.74, 6) is 1.89. The van der Waals surface area contributed by atoms with Crippen LogP contribution in [-0.2, 0) is 9.47 Å². The van der Waals surface area contributed by atoms with E-state index in [9.17, 15) is 9.59 Å². The van der Waals surface area contributed by atoms with Gasteiger partial charge in [-0.1, -0.05) is 13.8 Å². The van der Waals surface area contributed by atoms with Crippen molar-refractivity contribution in [1.29, 1.82) is 0 Å². The van der Waals surface area contributed by atoms with Gasteiger partial charge in [-0.05, 0) is 50.4 Å². The molecule has 0 aromatic rings. The Morgan fingerprint density at radius 2 is 1.21 bits per heavy atom. The van der Waals surface area contributed by atoms with Crippen molar-refractivity contribution in [3.63, 3.8) is 0 Å². The van der Waals surface area contributed by atoms with Crippen molar-refractivity contribution in [3.05, 3.63) is 0 Å². The fourth-order valence-electron chi connectivity index (χ4n) is 4.07. The van der Waals surface area contributed by atoms with Crippen LogP contribution in [0.2, 0.25) is 0 Å². The minimum absolute atomic E-state index is 0.208. The first-order valence-electron chi connectivity index (χ1n) is 9.31. The molecule has 0 bridgehead atoms. The van der Waals surface area contributed by atoms with Gasteiger partial charge in [-0.15, -0.1) is 0 Å². The Labute approximate surface area is 145 Å². The van der Waals surface area contributed by atoms with Gasteiger partial charge in [0.2, 0.25) is 0 Å². The van der Waals surface area contributed by atoms with Crippen molar-refractivity contribution in [2.75, 3.05) is 39.4 Å². The summed E-state index contributed by atoms with van der Waals surface area (Å²) in [5.41, 5.74) is 0. The molecule has 4 unspecified atom stereocenters. The predicted molar refractivity (Wildman–Crippen MR) is 91.7 cm³/mol. The second kappa shape index (κ2) is 8.58. The Kier molecular flexibility index (Phi) is 6.75. The molecule has 2 saturated heterocycles. The molecule has 2 heterocycles. The third-order valence-electron chi connectivity index (χ3n) is 5.63. The summed E-state index contributed by atoms with van der Waals surface area (Å²) >= 11 is 0. The van der Waals surface area contributed by atoms with Crippen LogP contribution < -0.4 is 0 Å². The average Bonchev–Trinajstić information content (AvgIpc) is 2.56. The summed E-state index contributed by atoms with van der Waals surface area (Å²) < 4.78 is 10.3. The van der Waals surface area contributed by atoms with E-state index < -0.39 is 0 Å². The number of ether oxygens (including phenoxy) is 2. The van der Waals surface area contributed by atoms with Gasteiger partial charge in [0, 0.05) is 26.2 Å². The number of hydrogen-bond donors (Lipinski definition) is 0. The molecule has 0 aromatic heterocycles. The Balaban J connectivity index is 2.05. The molecule has 0 spiro atoms. The lowest BCUT2D eigenvalue weighted by Gasteiger charge is -2.46. The van der Waals surface area contributed by atoms with E-state index >= 15 is 0 Å². The van der Waals surface area contributed by atoms with Gasteiger partial charge in [0.15, 0.2) is 0 Å². The Morgan fingerprint density at radius 3 is 1.54 bits per heavy atom. The van der Waals surface area contributed by atoms with E-state index in [1.54, 1.807) is 0 Å². The number of likely N-dealkylation sites (tertiary alicyclic amines) is 2. The third-order valence-corrected chi connectivity index (χ3v) is 5.63. The quantitative estimate of drug-likeness (QED) is 0.791. The van der Waals surface area contributed by atoms with Crippen LogP contribution in [0.5, 0.6) is 0 Å². The second-order valence-electron chi connectivity index (χ2n) is 7.15. The van der Waals surface area contributed by atoms with Gasteiger partial charge in [0.25, 0.3) is 0 Å². The standard InChI is InChI=1S/C18H32N2O4/c1-5-23-17(21)19-9-7-13(3)15(11-19)16-12-20(10-8-14(16)4)18(22)24-6-2/h13-16H,5-12H2,1-4H3. The van der Waals surface area contributed by atoms with Crippen LogP contribution in [0, 0.1) is 23.7 Å². The first-order chi connectivity index (χ1) is 11.5. The fourth-order valence-corrected chi connectivity index (χ4v) is 4.07. The number of carbonyl (C=O) groups excluding carboxylic acids is 2. The van der Waals surface area contributed by atoms with Crippen molar-refractivity contribution in [2.24, 2.45) is 23.7 Å². The van der Waals surface area contributed by atoms with Gasteiger partial charge in [-0.25, -0.2) is 9.59 Å². The highest BCUT2D eigenvalue weighted by Crippen LogP contribution is 2.37. The van der Waals surface area contributed by atoms with Crippen molar-refractivity contribution in [2.45, 2.75) is 40.5 Å². The van der Waals surface area contributed by atoms with Crippen LogP contribution >= 0.6 is 0 Å². The summed E-state index contributed by atoms with van der Waals surface area (Å²) in [6, 6.07) is 0. The third kappa shape index (κ3) is 4.33. The lowest BCUT2D eigenvalue weighted by atomic mass is 9.70. The SMILES string of the molecule is CCOC(=O)N1CCC(C)C(C2CN(C(=O)OCC)CCC2C)C1. The number of hydrogen-bond acceptors (Lipinski definition) is 4. The highest BCUT2D eigenvalue weighted by Gasteiger charge is 2.40. The van der Waals surface area contributed by atoms with Gasteiger partial charge >= 0.3 is 12.2 Å². The monoisotopic (exact) mass is 340 g/mol. The molecular weight excluding hydrogens is 308 g/mol. The Morgan fingerprint density at radius 1 is 0.833 bits per heavy atom. The van der Waals surface area contributed by atoms with Gasteiger partial charge < -0.3 is 19.3 Å². The summed E-state index contributed by atoms with van der Waals surface area (Å²) in [6.45, 7) is 12.0. The van der Waals surface area contributed by atoms with Gasteiger partial charge in [-0.2, -0.15) is 0 Å². The van der Waals surface area contributed by atoms with Crippen molar-refractivity contribution in [1.82, 2.24) is 9.80 Å². The molecule has 138 valence electrons. The molecule has 2 amide bonds. The Hall–Kier alpha value is -1.46. The zero-order valence-corrected chi connectivity index (χ0v) is 15.5. The Bertz CT molecular complexity index is 403.